The number of rotatable bonds is 5. The van der Waals surface area contributed by atoms with Crippen LogP contribution in [0.15, 0.2) is 30.5 Å². The highest BCUT2D eigenvalue weighted by atomic mass is 16.5. The van der Waals surface area contributed by atoms with Crippen molar-refractivity contribution in [2.45, 2.75) is 20.1 Å². The van der Waals surface area contributed by atoms with Crippen molar-refractivity contribution in [3.8, 4) is 5.75 Å². The van der Waals surface area contributed by atoms with E-state index in [0.717, 1.165) is 5.69 Å². The summed E-state index contributed by atoms with van der Waals surface area (Å²) in [6.45, 7) is 2.49. The number of pyridine rings is 2. The van der Waals surface area contributed by atoms with Gasteiger partial charge in [-0.15, -0.1) is 0 Å². The van der Waals surface area contributed by atoms with Crippen LogP contribution in [-0.4, -0.2) is 23.0 Å². The van der Waals surface area contributed by atoms with E-state index in [2.05, 4.69) is 14.7 Å². The molecule has 2 N–H and O–H groups in total. The number of nitrogens with zero attached hydrogens (tertiary/aromatic N) is 2. The molecule has 0 aliphatic heterocycles. The van der Waals surface area contributed by atoms with Crippen LogP contribution in [0.4, 0.5) is 0 Å². The van der Waals surface area contributed by atoms with Gasteiger partial charge < -0.3 is 15.2 Å². The summed E-state index contributed by atoms with van der Waals surface area (Å²) in [6.07, 6.45) is 1.46. The molecule has 0 amide bonds. The first kappa shape index (κ1) is 14.9. The molecule has 0 atom stereocenters. The van der Waals surface area contributed by atoms with Crippen molar-refractivity contribution >= 4 is 5.97 Å². The first-order valence-electron chi connectivity index (χ1n) is 6.46. The van der Waals surface area contributed by atoms with Crippen molar-refractivity contribution in [3.63, 3.8) is 0 Å². The molecular weight excluding hydrogens is 270 g/mol. The third-order valence-corrected chi connectivity index (χ3v) is 2.89. The Morgan fingerprint density at radius 3 is 2.71 bits per heavy atom. The molecule has 0 aromatic carbocycles. The minimum atomic E-state index is -0.414. The number of ether oxygens (including phenoxy) is 2. The van der Waals surface area contributed by atoms with Gasteiger partial charge in [-0.05, 0) is 31.2 Å². The first-order chi connectivity index (χ1) is 10.1. The molecule has 0 spiro atoms. The Balaban J connectivity index is 2.05. The van der Waals surface area contributed by atoms with Gasteiger partial charge >= 0.3 is 5.97 Å². The molecule has 0 saturated heterocycles. The quantitative estimate of drug-likeness (QED) is 0.841. The molecule has 110 valence electrons. The van der Waals surface area contributed by atoms with Crippen molar-refractivity contribution in [1.82, 2.24) is 9.97 Å². The molecule has 2 aromatic heterocycles. The maximum Gasteiger partial charge on any atom is 0.339 e. The van der Waals surface area contributed by atoms with E-state index in [0.29, 0.717) is 29.2 Å². The molecule has 0 bridgehead atoms. The monoisotopic (exact) mass is 287 g/mol. The summed E-state index contributed by atoms with van der Waals surface area (Å²) in [7, 11) is 1.33. The Hall–Kier alpha value is -2.47. The number of aryl methyl sites for hydroxylation is 1. The fourth-order valence-electron chi connectivity index (χ4n) is 1.78. The summed E-state index contributed by atoms with van der Waals surface area (Å²) >= 11 is 0. The van der Waals surface area contributed by atoms with E-state index in [1.54, 1.807) is 12.1 Å². The van der Waals surface area contributed by atoms with Gasteiger partial charge in [0.2, 0.25) is 0 Å². The van der Waals surface area contributed by atoms with Gasteiger partial charge in [0.05, 0.1) is 24.1 Å². The topological polar surface area (TPSA) is 87.3 Å². The molecule has 2 rings (SSSR count). The van der Waals surface area contributed by atoms with Crippen LogP contribution in [0.5, 0.6) is 5.75 Å². The number of nitrogens with two attached hydrogens (primary N) is 1. The van der Waals surface area contributed by atoms with Crippen LogP contribution in [0, 0.1) is 6.92 Å². The van der Waals surface area contributed by atoms with Gasteiger partial charge in [0.25, 0.3) is 0 Å². The largest absolute Gasteiger partial charge is 0.485 e. The lowest BCUT2D eigenvalue weighted by atomic mass is 10.2. The predicted molar refractivity (Wildman–Crippen MR) is 76.8 cm³/mol. The standard InChI is InChI=1S/C15H17N3O3/c1-10-3-6-14(13(7-16)18-10)21-9-12-5-4-11(8-17-12)15(19)20-2/h3-6,8H,7,9,16H2,1-2H3. The van der Waals surface area contributed by atoms with Crippen molar-refractivity contribution in [2.75, 3.05) is 7.11 Å². The van der Waals surface area contributed by atoms with Crippen LogP contribution >= 0.6 is 0 Å². The van der Waals surface area contributed by atoms with Gasteiger partial charge in [-0.25, -0.2) is 4.79 Å². The minimum Gasteiger partial charge on any atom is -0.485 e. The zero-order valence-corrected chi connectivity index (χ0v) is 12.0. The Morgan fingerprint density at radius 2 is 2.10 bits per heavy atom. The fourth-order valence-corrected chi connectivity index (χ4v) is 1.78. The summed E-state index contributed by atoms with van der Waals surface area (Å²) in [6, 6.07) is 7.07. The summed E-state index contributed by atoms with van der Waals surface area (Å²) in [5.41, 5.74) is 8.35. The van der Waals surface area contributed by atoms with Crippen molar-refractivity contribution in [3.05, 3.63) is 53.1 Å². The number of aromatic nitrogens is 2. The highest BCUT2D eigenvalue weighted by Crippen LogP contribution is 2.17. The Kier molecular flexibility index (Phi) is 4.84. The molecule has 6 heteroatoms. The summed E-state index contributed by atoms with van der Waals surface area (Å²) in [4.78, 5) is 19.8. The van der Waals surface area contributed by atoms with Crippen molar-refractivity contribution in [2.24, 2.45) is 5.73 Å². The molecule has 2 heterocycles. The van der Waals surface area contributed by atoms with Gasteiger partial charge in [-0.2, -0.15) is 0 Å². The SMILES string of the molecule is COC(=O)c1ccc(COc2ccc(C)nc2CN)nc1. The van der Waals surface area contributed by atoms with E-state index >= 15 is 0 Å². The Bertz CT molecular complexity index is 627. The highest BCUT2D eigenvalue weighted by molar-refractivity contribution is 5.88. The number of hydrogen-bond acceptors (Lipinski definition) is 6. The van der Waals surface area contributed by atoms with Gasteiger partial charge in [0.15, 0.2) is 0 Å². The van der Waals surface area contributed by atoms with Crippen LogP contribution in [0.3, 0.4) is 0 Å². The smallest absolute Gasteiger partial charge is 0.339 e. The molecule has 0 aliphatic rings. The molecule has 21 heavy (non-hydrogen) atoms. The number of esters is 1. The first-order valence-corrected chi connectivity index (χ1v) is 6.46. The number of carbonyl (C=O) groups excluding carboxylic acids is 1. The second-order valence-electron chi connectivity index (χ2n) is 4.42. The normalized spacial score (nSPS) is 10.2. The fraction of sp³-hybridized carbons (Fsp3) is 0.267. The molecule has 0 unspecified atom stereocenters. The number of hydrogen-bond donors (Lipinski definition) is 1. The second-order valence-corrected chi connectivity index (χ2v) is 4.42. The molecular formula is C15H17N3O3. The molecule has 0 aliphatic carbocycles. The van der Waals surface area contributed by atoms with E-state index in [9.17, 15) is 4.79 Å². The van der Waals surface area contributed by atoms with E-state index < -0.39 is 5.97 Å². The maximum absolute atomic E-state index is 11.3. The van der Waals surface area contributed by atoms with Crippen LogP contribution < -0.4 is 10.5 Å². The molecule has 2 aromatic rings. The zero-order valence-electron chi connectivity index (χ0n) is 12.0. The van der Waals surface area contributed by atoms with Gasteiger partial charge in [0.1, 0.15) is 12.4 Å². The van der Waals surface area contributed by atoms with Crippen LogP contribution in [0.1, 0.15) is 27.4 Å². The lowest BCUT2D eigenvalue weighted by Crippen LogP contribution is -2.07. The van der Waals surface area contributed by atoms with E-state index in [1.807, 2.05) is 19.1 Å². The minimum absolute atomic E-state index is 0.277. The average molecular weight is 287 g/mol. The summed E-state index contributed by atoms with van der Waals surface area (Å²) in [5.74, 6) is 0.227. The highest BCUT2D eigenvalue weighted by Gasteiger charge is 2.07. The lowest BCUT2D eigenvalue weighted by Gasteiger charge is -2.10. The van der Waals surface area contributed by atoms with Crippen LogP contribution in [0.25, 0.3) is 0 Å². The van der Waals surface area contributed by atoms with Crippen LogP contribution in [-0.2, 0) is 17.9 Å². The lowest BCUT2D eigenvalue weighted by molar-refractivity contribution is 0.0600. The van der Waals surface area contributed by atoms with Crippen molar-refractivity contribution in [1.29, 1.82) is 0 Å². The molecule has 6 nitrogen and oxygen atoms in total. The van der Waals surface area contributed by atoms with E-state index in [4.69, 9.17) is 10.5 Å². The zero-order chi connectivity index (χ0) is 15.2. The maximum atomic E-state index is 11.3. The third-order valence-electron chi connectivity index (χ3n) is 2.89. The van der Waals surface area contributed by atoms with Crippen LogP contribution in [0.2, 0.25) is 0 Å². The third kappa shape index (κ3) is 3.76. The van der Waals surface area contributed by atoms with Gasteiger partial charge in [-0.1, -0.05) is 0 Å². The number of carbonyl (C=O) groups is 1. The second kappa shape index (κ2) is 6.81. The van der Waals surface area contributed by atoms with E-state index in [1.165, 1.54) is 13.3 Å². The Morgan fingerprint density at radius 1 is 1.29 bits per heavy atom. The van der Waals surface area contributed by atoms with Crippen molar-refractivity contribution < 1.29 is 14.3 Å². The van der Waals surface area contributed by atoms with Gasteiger partial charge in [-0.3, -0.25) is 9.97 Å². The summed E-state index contributed by atoms with van der Waals surface area (Å²) < 4.78 is 10.3. The predicted octanol–water partition coefficient (Wildman–Crippen LogP) is 1.61. The van der Waals surface area contributed by atoms with Gasteiger partial charge in [0, 0.05) is 18.4 Å². The molecule has 0 saturated carbocycles. The molecule has 0 fully saturated rings. The molecule has 0 radical (unpaired) electrons. The number of methoxy groups -OCH3 is 1. The Labute approximate surface area is 122 Å². The van der Waals surface area contributed by atoms with E-state index in [-0.39, 0.29) is 6.61 Å². The summed E-state index contributed by atoms with van der Waals surface area (Å²) in [5, 5.41) is 0. The average Bonchev–Trinajstić information content (AvgIpc) is 2.53.